The summed E-state index contributed by atoms with van der Waals surface area (Å²) in [6.07, 6.45) is 3.66. The van der Waals surface area contributed by atoms with Gasteiger partial charge in [0, 0.05) is 29.2 Å². The predicted molar refractivity (Wildman–Crippen MR) is 116 cm³/mol. The van der Waals surface area contributed by atoms with Crippen LogP contribution in [0.15, 0.2) is 42.5 Å². The summed E-state index contributed by atoms with van der Waals surface area (Å²) in [5.74, 6) is 0.393. The molecule has 1 atom stereocenters. The third-order valence-corrected chi connectivity index (χ3v) is 7.20. The van der Waals surface area contributed by atoms with Crippen molar-refractivity contribution in [3.05, 3.63) is 64.2 Å². The van der Waals surface area contributed by atoms with Crippen molar-refractivity contribution >= 4 is 29.1 Å². The zero-order valence-electron chi connectivity index (χ0n) is 17.2. The number of amides is 2. The van der Waals surface area contributed by atoms with Crippen LogP contribution in [0.3, 0.4) is 0 Å². The van der Waals surface area contributed by atoms with Crippen molar-refractivity contribution in [2.45, 2.75) is 45.1 Å². The minimum atomic E-state index is -0.219. The molecule has 2 amide bonds. The van der Waals surface area contributed by atoms with E-state index in [-0.39, 0.29) is 23.3 Å². The van der Waals surface area contributed by atoms with Gasteiger partial charge in [-0.15, -0.1) is 0 Å². The molecule has 1 spiro atoms. The lowest BCUT2D eigenvalue weighted by Gasteiger charge is -2.43. The Balaban J connectivity index is 1.46. The highest BCUT2D eigenvalue weighted by Gasteiger charge is 2.50. The van der Waals surface area contributed by atoms with Gasteiger partial charge < -0.3 is 10.2 Å². The van der Waals surface area contributed by atoms with Crippen LogP contribution in [0.25, 0.3) is 0 Å². The maximum atomic E-state index is 12.8. The topological polar surface area (TPSA) is 49.4 Å². The molecular formula is C24H27ClN2O2. The van der Waals surface area contributed by atoms with E-state index in [1.165, 1.54) is 0 Å². The first-order chi connectivity index (χ1) is 13.8. The van der Waals surface area contributed by atoms with E-state index in [4.69, 9.17) is 11.6 Å². The number of hydrogen-bond acceptors (Lipinski definition) is 2. The summed E-state index contributed by atoms with van der Waals surface area (Å²) in [5.41, 5.74) is 3.67. The second-order valence-corrected chi connectivity index (χ2v) is 9.00. The smallest absolute Gasteiger partial charge is 0.254 e. The van der Waals surface area contributed by atoms with Crippen molar-refractivity contribution < 1.29 is 9.59 Å². The fraction of sp³-hybridized carbons (Fsp3) is 0.417. The molecule has 1 saturated carbocycles. The molecule has 2 aromatic carbocycles. The third-order valence-electron chi connectivity index (χ3n) is 6.94. The zero-order chi connectivity index (χ0) is 20.8. The lowest BCUT2D eigenvalue weighted by molar-refractivity contribution is -0.121. The van der Waals surface area contributed by atoms with Crippen molar-refractivity contribution in [3.8, 4) is 0 Å². The van der Waals surface area contributed by atoms with Gasteiger partial charge in [-0.05, 0) is 74.4 Å². The molecule has 0 unspecified atom stereocenters. The Hall–Kier alpha value is -2.33. The van der Waals surface area contributed by atoms with Crippen LogP contribution < -0.4 is 5.32 Å². The minimum Gasteiger partial charge on any atom is -0.332 e. The Morgan fingerprint density at radius 3 is 2.48 bits per heavy atom. The Labute approximate surface area is 177 Å². The molecule has 29 heavy (non-hydrogen) atoms. The molecule has 1 aliphatic heterocycles. The molecule has 0 bridgehead atoms. The molecule has 1 N–H and O–H groups in total. The van der Waals surface area contributed by atoms with E-state index in [1.54, 1.807) is 12.1 Å². The number of halogens is 1. The zero-order valence-corrected chi connectivity index (χ0v) is 17.9. The highest BCUT2D eigenvalue weighted by Crippen LogP contribution is 2.50. The lowest BCUT2D eigenvalue weighted by atomic mass is 9.69. The van der Waals surface area contributed by atoms with Crippen molar-refractivity contribution in [2.75, 3.05) is 12.4 Å². The normalized spacial score (nSPS) is 24.5. The quantitative estimate of drug-likeness (QED) is 0.736. The molecule has 0 aromatic heterocycles. The average Bonchev–Trinajstić information content (AvgIpc) is 2.91. The van der Waals surface area contributed by atoms with Crippen LogP contribution in [-0.4, -0.2) is 23.8 Å². The maximum Gasteiger partial charge on any atom is 0.254 e. The number of nitrogens with zero attached hydrogens (tertiary/aromatic N) is 1. The van der Waals surface area contributed by atoms with Crippen LogP contribution in [0.4, 0.5) is 5.69 Å². The molecule has 2 aromatic rings. The SMILES string of the molecule is Cc1ccc2c(c1)C(=O)N(C)C21CCC([C@H](C)C(=O)Nc2ccc(Cl)cc2)CC1. The number of nitrogens with one attached hydrogen (secondary N) is 1. The largest absolute Gasteiger partial charge is 0.332 e. The first kappa shape index (κ1) is 20.0. The predicted octanol–water partition coefficient (Wildman–Crippen LogP) is 5.39. The van der Waals surface area contributed by atoms with E-state index in [2.05, 4.69) is 17.4 Å². The fourth-order valence-corrected chi connectivity index (χ4v) is 5.15. The van der Waals surface area contributed by atoms with Crippen molar-refractivity contribution in [1.82, 2.24) is 4.90 Å². The summed E-state index contributed by atoms with van der Waals surface area (Å²) in [7, 11) is 1.93. The van der Waals surface area contributed by atoms with Crippen LogP contribution in [0, 0.1) is 18.8 Å². The summed E-state index contributed by atoms with van der Waals surface area (Å²) < 4.78 is 0. The number of hydrogen-bond donors (Lipinski definition) is 1. The summed E-state index contributed by atoms with van der Waals surface area (Å²) in [4.78, 5) is 27.5. The molecule has 0 saturated heterocycles. The van der Waals surface area contributed by atoms with Gasteiger partial charge in [0.25, 0.3) is 5.91 Å². The number of fused-ring (bicyclic) bond motifs is 2. The maximum absolute atomic E-state index is 12.8. The highest BCUT2D eigenvalue weighted by molar-refractivity contribution is 6.30. The molecule has 5 heteroatoms. The van der Waals surface area contributed by atoms with E-state index in [1.807, 2.05) is 44.0 Å². The number of aryl methyl sites for hydroxylation is 1. The summed E-state index contributed by atoms with van der Waals surface area (Å²) >= 11 is 5.92. The molecule has 1 fully saturated rings. The molecule has 1 aliphatic carbocycles. The number of carbonyl (C=O) groups excluding carboxylic acids is 2. The molecule has 4 rings (SSSR count). The Morgan fingerprint density at radius 2 is 1.83 bits per heavy atom. The molecule has 4 nitrogen and oxygen atoms in total. The molecule has 1 heterocycles. The van der Waals surface area contributed by atoms with Crippen LogP contribution in [0.2, 0.25) is 5.02 Å². The third kappa shape index (κ3) is 3.44. The van der Waals surface area contributed by atoms with Gasteiger partial charge in [0.1, 0.15) is 0 Å². The van der Waals surface area contributed by atoms with Gasteiger partial charge in [-0.25, -0.2) is 0 Å². The van der Waals surface area contributed by atoms with Crippen LogP contribution in [0.5, 0.6) is 0 Å². The van der Waals surface area contributed by atoms with Gasteiger partial charge in [0.15, 0.2) is 0 Å². The molecule has 0 radical (unpaired) electrons. The summed E-state index contributed by atoms with van der Waals surface area (Å²) in [6, 6.07) is 13.4. The number of benzene rings is 2. The minimum absolute atomic E-state index is 0.0418. The fourth-order valence-electron chi connectivity index (χ4n) is 5.02. The van der Waals surface area contributed by atoms with Crippen molar-refractivity contribution in [3.63, 3.8) is 0 Å². The molecule has 2 aliphatic rings. The average molecular weight is 411 g/mol. The van der Waals surface area contributed by atoms with Crippen LogP contribution >= 0.6 is 11.6 Å². The standard InChI is InChI=1S/C24H27ClN2O2/c1-15-4-9-21-20(14-15)23(29)27(3)24(21)12-10-17(11-13-24)16(2)22(28)26-19-7-5-18(25)6-8-19/h4-9,14,16-17H,10-13H2,1-3H3,(H,26,28)/t16-,17?,24?/m0/s1. The van der Waals surface area contributed by atoms with E-state index in [0.717, 1.165) is 48.1 Å². The summed E-state index contributed by atoms with van der Waals surface area (Å²) in [5, 5.41) is 3.65. The first-order valence-electron chi connectivity index (χ1n) is 10.3. The van der Waals surface area contributed by atoms with E-state index < -0.39 is 0 Å². The Bertz CT molecular complexity index is 946. The van der Waals surface area contributed by atoms with Gasteiger partial charge >= 0.3 is 0 Å². The van der Waals surface area contributed by atoms with Crippen molar-refractivity contribution in [1.29, 1.82) is 0 Å². The van der Waals surface area contributed by atoms with Crippen molar-refractivity contribution in [2.24, 2.45) is 11.8 Å². The van der Waals surface area contributed by atoms with Gasteiger partial charge in [-0.2, -0.15) is 0 Å². The van der Waals surface area contributed by atoms with E-state index >= 15 is 0 Å². The Kier molecular flexibility index (Phi) is 5.16. The Morgan fingerprint density at radius 1 is 1.17 bits per heavy atom. The second kappa shape index (κ2) is 7.49. The first-order valence-corrected chi connectivity index (χ1v) is 10.7. The second-order valence-electron chi connectivity index (χ2n) is 8.57. The number of rotatable bonds is 3. The monoisotopic (exact) mass is 410 g/mol. The number of anilines is 1. The molecule has 152 valence electrons. The highest BCUT2D eigenvalue weighted by atomic mass is 35.5. The van der Waals surface area contributed by atoms with E-state index in [9.17, 15) is 9.59 Å². The van der Waals surface area contributed by atoms with Crippen LogP contribution in [0.1, 0.15) is 54.1 Å². The van der Waals surface area contributed by atoms with Gasteiger partial charge in [-0.1, -0.05) is 36.2 Å². The van der Waals surface area contributed by atoms with Gasteiger partial charge in [0.2, 0.25) is 5.91 Å². The van der Waals surface area contributed by atoms with Gasteiger partial charge in [-0.3, -0.25) is 9.59 Å². The number of carbonyl (C=O) groups is 2. The summed E-state index contributed by atoms with van der Waals surface area (Å²) in [6.45, 7) is 4.03. The molecular weight excluding hydrogens is 384 g/mol. The van der Waals surface area contributed by atoms with Gasteiger partial charge in [0.05, 0.1) is 5.54 Å². The van der Waals surface area contributed by atoms with Crippen LogP contribution in [-0.2, 0) is 10.3 Å². The lowest BCUT2D eigenvalue weighted by Crippen LogP contribution is -2.45. The van der Waals surface area contributed by atoms with E-state index in [0.29, 0.717) is 10.9 Å².